The van der Waals surface area contributed by atoms with E-state index in [1.165, 1.54) is 0 Å². The Labute approximate surface area is 93.3 Å². The van der Waals surface area contributed by atoms with Crippen molar-refractivity contribution in [2.24, 2.45) is 0 Å². The van der Waals surface area contributed by atoms with Crippen LogP contribution in [-0.4, -0.2) is 45.7 Å². The molecule has 0 aliphatic carbocycles. The van der Waals surface area contributed by atoms with Gasteiger partial charge in [-0.2, -0.15) is 0 Å². The summed E-state index contributed by atoms with van der Waals surface area (Å²) < 4.78 is 27.6. The summed E-state index contributed by atoms with van der Waals surface area (Å²) in [6.45, 7) is 7.21. The molecule has 0 spiro atoms. The van der Waals surface area contributed by atoms with Crippen molar-refractivity contribution in [1.29, 1.82) is 0 Å². The van der Waals surface area contributed by atoms with E-state index in [2.05, 4.69) is 5.32 Å². The Balaban J connectivity index is 3.69. The van der Waals surface area contributed by atoms with Crippen molar-refractivity contribution in [2.75, 3.05) is 32.6 Å². The first-order chi connectivity index (χ1) is 6.81. The van der Waals surface area contributed by atoms with Crippen LogP contribution in [0.25, 0.3) is 0 Å². The second-order valence-corrected chi connectivity index (χ2v) is 7.39. The molecule has 0 rings (SSSR count). The Morgan fingerprint density at radius 3 is 2.27 bits per heavy atom. The van der Waals surface area contributed by atoms with E-state index >= 15 is 0 Å². The molecule has 0 atom stereocenters. The predicted octanol–water partition coefficient (Wildman–Crippen LogP) is 0.826. The highest BCUT2D eigenvalue weighted by molar-refractivity contribution is 7.92. The molecular weight excluding hydrogens is 214 g/mol. The lowest BCUT2D eigenvalue weighted by molar-refractivity contribution is 0.194. The van der Waals surface area contributed by atoms with Crippen molar-refractivity contribution in [1.82, 2.24) is 5.32 Å². The second-order valence-electron chi connectivity index (χ2n) is 4.53. The summed E-state index contributed by atoms with van der Waals surface area (Å²) in [5, 5.41) is 3.09. The number of rotatable bonds is 7. The number of ether oxygens (including phenoxy) is 1. The van der Waals surface area contributed by atoms with Gasteiger partial charge in [-0.1, -0.05) is 0 Å². The third kappa shape index (κ3) is 6.12. The van der Waals surface area contributed by atoms with Gasteiger partial charge in [-0.25, -0.2) is 8.42 Å². The first-order valence-electron chi connectivity index (χ1n) is 5.23. The first-order valence-corrected chi connectivity index (χ1v) is 6.88. The summed E-state index contributed by atoms with van der Waals surface area (Å²) in [6.07, 6.45) is 0.909. The van der Waals surface area contributed by atoms with Crippen LogP contribution in [-0.2, 0) is 14.6 Å². The van der Waals surface area contributed by atoms with Crippen LogP contribution in [0, 0.1) is 0 Å². The van der Waals surface area contributed by atoms with Gasteiger partial charge < -0.3 is 10.1 Å². The van der Waals surface area contributed by atoms with E-state index in [1.54, 1.807) is 27.9 Å². The van der Waals surface area contributed by atoms with Crippen molar-refractivity contribution < 1.29 is 13.2 Å². The summed E-state index contributed by atoms with van der Waals surface area (Å²) in [6, 6.07) is 0. The second kappa shape index (κ2) is 6.45. The van der Waals surface area contributed by atoms with Crippen LogP contribution in [0.1, 0.15) is 27.2 Å². The molecule has 0 radical (unpaired) electrons. The minimum absolute atomic E-state index is 0.198. The molecule has 5 heteroatoms. The molecule has 15 heavy (non-hydrogen) atoms. The SMILES string of the molecule is COCCCNCCS(=O)(=O)C(C)(C)C. The number of hydrogen-bond donors (Lipinski definition) is 1. The van der Waals surface area contributed by atoms with E-state index in [0.29, 0.717) is 13.2 Å². The maximum absolute atomic E-state index is 11.7. The van der Waals surface area contributed by atoms with Gasteiger partial charge in [-0.05, 0) is 33.7 Å². The fourth-order valence-electron chi connectivity index (χ4n) is 0.979. The number of hydrogen-bond acceptors (Lipinski definition) is 4. The first kappa shape index (κ1) is 14.9. The molecule has 4 nitrogen and oxygen atoms in total. The Morgan fingerprint density at radius 1 is 1.20 bits per heavy atom. The summed E-state index contributed by atoms with van der Waals surface area (Å²) in [7, 11) is -1.33. The van der Waals surface area contributed by atoms with Crippen LogP contribution in [0.15, 0.2) is 0 Å². The van der Waals surface area contributed by atoms with Crippen LogP contribution in [0.2, 0.25) is 0 Å². The lowest BCUT2D eigenvalue weighted by Crippen LogP contribution is -2.35. The van der Waals surface area contributed by atoms with Crippen LogP contribution in [0.4, 0.5) is 0 Å². The molecule has 0 saturated carbocycles. The van der Waals surface area contributed by atoms with E-state index in [4.69, 9.17) is 4.74 Å². The molecule has 92 valence electrons. The van der Waals surface area contributed by atoms with Gasteiger partial charge in [-0.15, -0.1) is 0 Å². The topological polar surface area (TPSA) is 55.4 Å². The van der Waals surface area contributed by atoms with Crippen LogP contribution in [0.5, 0.6) is 0 Å². The zero-order valence-electron chi connectivity index (χ0n) is 10.2. The van der Waals surface area contributed by atoms with Crippen molar-refractivity contribution in [2.45, 2.75) is 31.9 Å². The normalized spacial score (nSPS) is 13.1. The van der Waals surface area contributed by atoms with E-state index in [-0.39, 0.29) is 5.75 Å². The zero-order valence-corrected chi connectivity index (χ0v) is 11.0. The standard InChI is InChI=1S/C10H23NO3S/c1-10(2,3)15(12,13)9-7-11-6-5-8-14-4/h11H,5-9H2,1-4H3. The quantitative estimate of drug-likeness (QED) is 0.666. The van der Waals surface area contributed by atoms with Crippen LogP contribution < -0.4 is 5.32 Å². The van der Waals surface area contributed by atoms with Gasteiger partial charge in [0.1, 0.15) is 0 Å². The maximum Gasteiger partial charge on any atom is 0.156 e. The molecule has 0 unspecified atom stereocenters. The maximum atomic E-state index is 11.7. The molecule has 0 aromatic heterocycles. The fraction of sp³-hybridized carbons (Fsp3) is 1.00. The van der Waals surface area contributed by atoms with E-state index in [1.807, 2.05) is 0 Å². The average Bonchev–Trinajstić information content (AvgIpc) is 2.09. The summed E-state index contributed by atoms with van der Waals surface area (Å²) in [5.41, 5.74) is 0. The highest BCUT2D eigenvalue weighted by Gasteiger charge is 2.27. The van der Waals surface area contributed by atoms with E-state index in [9.17, 15) is 8.42 Å². The van der Waals surface area contributed by atoms with Crippen molar-refractivity contribution in [3.63, 3.8) is 0 Å². The van der Waals surface area contributed by atoms with Gasteiger partial charge in [0.15, 0.2) is 9.84 Å². The Morgan fingerprint density at radius 2 is 1.80 bits per heavy atom. The van der Waals surface area contributed by atoms with E-state index < -0.39 is 14.6 Å². The Hall–Kier alpha value is -0.130. The molecule has 0 aromatic rings. The highest BCUT2D eigenvalue weighted by atomic mass is 32.2. The summed E-state index contributed by atoms with van der Waals surface area (Å²) in [4.78, 5) is 0. The molecule has 0 heterocycles. The van der Waals surface area contributed by atoms with Crippen LogP contribution in [0.3, 0.4) is 0 Å². The van der Waals surface area contributed by atoms with Gasteiger partial charge in [0, 0.05) is 20.3 Å². The average molecular weight is 237 g/mol. The molecule has 0 bridgehead atoms. The Bertz CT molecular complexity index is 254. The summed E-state index contributed by atoms with van der Waals surface area (Å²) in [5.74, 6) is 0.198. The lowest BCUT2D eigenvalue weighted by atomic mass is 10.3. The van der Waals surface area contributed by atoms with Crippen molar-refractivity contribution in [3.05, 3.63) is 0 Å². The molecule has 0 aliphatic rings. The van der Waals surface area contributed by atoms with Crippen molar-refractivity contribution >= 4 is 9.84 Å². The monoisotopic (exact) mass is 237 g/mol. The predicted molar refractivity (Wildman–Crippen MR) is 62.9 cm³/mol. The minimum atomic E-state index is -2.98. The molecule has 0 amide bonds. The van der Waals surface area contributed by atoms with Crippen LogP contribution >= 0.6 is 0 Å². The smallest absolute Gasteiger partial charge is 0.156 e. The number of methoxy groups -OCH3 is 1. The van der Waals surface area contributed by atoms with Crippen molar-refractivity contribution in [3.8, 4) is 0 Å². The van der Waals surface area contributed by atoms with Gasteiger partial charge in [0.05, 0.1) is 10.5 Å². The molecule has 0 fully saturated rings. The van der Waals surface area contributed by atoms with Gasteiger partial charge in [0.25, 0.3) is 0 Å². The van der Waals surface area contributed by atoms with E-state index in [0.717, 1.165) is 13.0 Å². The molecule has 0 aromatic carbocycles. The number of sulfone groups is 1. The third-order valence-corrected chi connectivity index (χ3v) is 4.79. The van der Waals surface area contributed by atoms with Gasteiger partial charge in [-0.3, -0.25) is 0 Å². The lowest BCUT2D eigenvalue weighted by Gasteiger charge is -2.19. The zero-order chi connectivity index (χ0) is 11.9. The fourth-order valence-corrected chi connectivity index (χ4v) is 2.00. The Kier molecular flexibility index (Phi) is 6.40. The highest BCUT2D eigenvalue weighted by Crippen LogP contribution is 2.14. The molecule has 0 saturated heterocycles. The number of nitrogens with one attached hydrogen (secondary N) is 1. The van der Waals surface area contributed by atoms with Gasteiger partial charge in [0.2, 0.25) is 0 Å². The minimum Gasteiger partial charge on any atom is -0.385 e. The van der Waals surface area contributed by atoms with Gasteiger partial charge >= 0.3 is 0 Å². The summed E-state index contributed by atoms with van der Waals surface area (Å²) >= 11 is 0. The largest absolute Gasteiger partial charge is 0.385 e. The molecule has 0 aliphatic heterocycles. The molecular formula is C10H23NO3S. The third-order valence-electron chi connectivity index (χ3n) is 2.18. The molecule has 1 N–H and O–H groups in total.